The lowest BCUT2D eigenvalue weighted by Gasteiger charge is -2.28. The Bertz CT molecular complexity index is 1510. The highest BCUT2D eigenvalue weighted by molar-refractivity contribution is 9.10. The minimum absolute atomic E-state index is 0.249. The summed E-state index contributed by atoms with van der Waals surface area (Å²) in [6.07, 6.45) is 0. The molecule has 1 aromatic heterocycles. The molecule has 0 aliphatic carbocycles. The molecule has 1 atom stereocenters. The fourth-order valence-electron chi connectivity index (χ4n) is 4.23. The molecule has 7 nitrogen and oxygen atoms in total. The van der Waals surface area contributed by atoms with Crippen molar-refractivity contribution in [1.82, 2.24) is 14.8 Å². The summed E-state index contributed by atoms with van der Waals surface area (Å²) in [6.45, 7) is 4.27. The van der Waals surface area contributed by atoms with Gasteiger partial charge in [0.05, 0.1) is 12.2 Å². The number of nitrogens with one attached hydrogen (secondary N) is 1. The number of carbonyl (C=O) groups excluding carboxylic acids is 1. The highest BCUT2D eigenvalue weighted by atomic mass is 79.9. The van der Waals surface area contributed by atoms with Crippen LogP contribution in [0.15, 0.2) is 93.7 Å². The number of anilines is 1. The third-order valence-corrected chi connectivity index (χ3v) is 7.57. The van der Waals surface area contributed by atoms with Crippen molar-refractivity contribution < 1.29 is 18.7 Å². The summed E-state index contributed by atoms with van der Waals surface area (Å²) in [5.74, 6) is 0.882. The van der Waals surface area contributed by atoms with Crippen LogP contribution in [-0.4, -0.2) is 27.3 Å². The maximum Gasteiger partial charge on any atom is 0.338 e. The lowest BCUT2D eigenvalue weighted by atomic mass is 9.96. The molecule has 10 heteroatoms. The standard InChI is InChI=1S/C29H26BrFN4O3S/c1-3-37-27(36)25-18(2)32-28-33-29(39-17-21-6-4-5-7-24(21)31)34-35(28)26(25)20-10-14-23(15-11-20)38-16-19-8-12-22(30)13-9-19/h4-15,26H,3,16-17H2,1-2H3,(H,32,33,34). The van der Waals surface area contributed by atoms with Gasteiger partial charge in [-0.3, -0.25) is 0 Å². The van der Waals surface area contributed by atoms with Gasteiger partial charge < -0.3 is 14.8 Å². The monoisotopic (exact) mass is 608 g/mol. The van der Waals surface area contributed by atoms with Crippen molar-refractivity contribution in [2.75, 3.05) is 11.9 Å². The highest BCUT2D eigenvalue weighted by Gasteiger charge is 2.35. The number of thioether (sulfide) groups is 1. The van der Waals surface area contributed by atoms with Gasteiger partial charge in [-0.1, -0.05) is 70.2 Å². The van der Waals surface area contributed by atoms with Crippen LogP contribution >= 0.6 is 27.7 Å². The Kier molecular flexibility index (Phi) is 8.33. The number of aromatic nitrogens is 3. The Hall–Kier alpha value is -3.63. The van der Waals surface area contributed by atoms with Crippen molar-refractivity contribution in [2.24, 2.45) is 0 Å². The molecular weight excluding hydrogens is 583 g/mol. The Labute approximate surface area is 238 Å². The minimum Gasteiger partial charge on any atom is -0.489 e. The van der Waals surface area contributed by atoms with E-state index in [9.17, 15) is 9.18 Å². The molecule has 0 bridgehead atoms. The molecule has 1 aliphatic rings. The number of allylic oxidation sites excluding steroid dienone is 1. The summed E-state index contributed by atoms with van der Waals surface area (Å²) in [5, 5.41) is 8.35. The number of nitrogens with zero attached hydrogens (tertiary/aromatic N) is 3. The smallest absolute Gasteiger partial charge is 0.338 e. The predicted octanol–water partition coefficient (Wildman–Crippen LogP) is 6.90. The first kappa shape index (κ1) is 27.0. The van der Waals surface area contributed by atoms with Gasteiger partial charge in [-0.05, 0) is 60.9 Å². The van der Waals surface area contributed by atoms with Crippen LogP contribution in [0.1, 0.15) is 36.6 Å². The lowest BCUT2D eigenvalue weighted by Crippen LogP contribution is -2.29. The predicted molar refractivity (Wildman–Crippen MR) is 152 cm³/mol. The number of ether oxygens (including phenoxy) is 2. The van der Waals surface area contributed by atoms with Crippen LogP contribution in [0.5, 0.6) is 5.75 Å². The van der Waals surface area contributed by atoms with E-state index >= 15 is 0 Å². The first-order valence-corrected chi connectivity index (χ1v) is 14.2. The molecule has 0 radical (unpaired) electrons. The van der Waals surface area contributed by atoms with Crippen molar-refractivity contribution in [2.45, 2.75) is 37.4 Å². The molecule has 39 heavy (non-hydrogen) atoms. The topological polar surface area (TPSA) is 78.3 Å². The van der Waals surface area contributed by atoms with E-state index in [4.69, 9.17) is 14.6 Å². The van der Waals surface area contributed by atoms with Gasteiger partial charge in [0, 0.05) is 15.9 Å². The second-order valence-corrected chi connectivity index (χ2v) is 10.7. The van der Waals surface area contributed by atoms with Crippen LogP contribution in [0.3, 0.4) is 0 Å². The van der Waals surface area contributed by atoms with Gasteiger partial charge in [-0.2, -0.15) is 4.98 Å². The van der Waals surface area contributed by atoms with E-state index in [-0.39, 0.29) is 12.4 Å². The molecule has 1 aliphatic heterocycles. The number of benzene rings is 3. The molecule has 5 rings (SSSR count). The third-order valence-electron chi connectivity index (χ3n) is 6.16. The van der Waals surface area contributed by atoms with Crippen LogP contribution in [0.25, 0.3) is 0 Å². The van der Waals surface area contributed by atoms with E-state index in [1.165, 1.54) is 17.8 Å². The first-order valence-electron chi connectivity index (χ1n) is 12.4. The van der Waals surface area contributed by atoms with Gasteiger partial charge in [0.25, 0.3) is 0 Å². The summed E-state index contributed by atoms with van der Waals surface area (Å²) < 4.78 is 28.2. The van der Waals surface area contributed by atoms with E-state index in [1.54, 1.807) is 29.8 Å². The SMILES string of the molecule is CCOC(=O)C1=C(C)Nc2nc(SCc3ccccc3F)nn2C1c1ccc(OCc2ccc(Br)cc2)cc1. The first-order chi connectivity index (χ1) is 18.9. The minimum atomic E-state index is -0.559. The number of fused-ring (bicyclic) bond motifs is 1. The Balaban J connectivity index is 1.41. The molecule has 1 N–H and O–H groups in total. The molecule has 3 aromatic carbocycles. The Morgan fingerprint density at radius 3 is 2.56 bits per heavy atom. The van der Waals surface area contributed by atoms with Crippen LogP contribution in [-0.2, 0) is 21.9 Å². The average molecular weight is 610 g/mol. The summed E-state index contributed by atoms with van der Waals surface area (Å²) in [6, 6.07) is 21.6. The van der Waals surface area contributed by atoms with E-state index < -0.39 is 12.0 Å². The number of hydrogen-bond acceptors (Lipinski definition) is 7. The zero-order chi connectivity index (χ0) is 27.4. The number of hydrogen-bond donors (Lipinski definition) is 1. The van der Waals surface area contributed by atoms with E-state index in [2.05, 4.69) is 26.2 Å². The summed E-state index contributed by atoms with van der Waals surface area (Å²) in [5.41, 5.74) is 3.53. The van der Waals surface area contributed by atoms with Crippen molar-refractivity contribution in [3.8, 4) is 5.75 Å². The molecule has 0 saturated heterocycles. The second kappa shape index (κ2) is 12.0. The zero-order valence-electron chi connectivity index (χ0n) is 21.4. The van der Waals surface area contributed by atoms with Crippen molar-refractivity contribution >= 4 is 39.6 Å². The molecule has 1 unspecified atom stereocenters. The van der Waals surface area contributed by atoms with Gasteiger partial charge in [-0.15, -0.1) is 5.10 Å². The molecule has 4 aromatic rings. The quantitative estimate of drug-likeness (QED) is 0.163. The van der Waals surface area contributed by atoms with Crippen molar-refractivity contribution in [3.05, 3.63) is 111 Å². The maximum absolute atomic E-state index is 14.1. The zero-order valence-corrected chi connectivity index (χ0v) is 23.8. The van der Waals surface area contributed by atoms with Crippen molar-refractivity contribution in [3.63, 3.8) is 0 Å². The van der Waals surface area contributed by atoms with Crippen LogP contribution in [0.2, 0.25) is 0 Å². The van der Waals surface area contributed by atoms with Crippen LogP contribution < -0.4 is 10.1 Å². The van der Waals surface area contributed by atoms with Crippen molar-refractivity contribution in [1.29, 1.82) is 0 Å². The van der Waals surface area contributed by atoms with Crippen LogP contribution in [0, 0.1) is 5.82 Å². The van der Waals surface area contributed by atoms with Gasteiger partial charge in [0.1, 0.15) is 24.2 Å². The molecule has 0 fully saturated rings. The number of carbonyl (C=O) groups is 1. The number of halogens is 2. The Morgan fingerprint density at radius 2 is 1.85 bits per heavy atom. The third kappa shape index (κ3) is 6.17. The highest BCUT2D eigenvalue weighted by Crippen LogP contribution is 2.37. The summed E-state index contributed by atoms with van der Waals surface area (Å²) >= 11 is 4.77. The lowest BCUT2D eigenvalue weighted by molar-refractivity contribution is -0.139. The average Bonchev–Trinajstić information content (AvgIpc) is 3.34. The molecule has 200 valence electrons. The second-order valence-electron chi connectivity index (χ2n) is 8.81. The Morgan fingerprint density at radius 1 is 1.10 bits per heavy atom. The van der Waals surface area contributed by atoms with E-state index in [0.29, 0.717) is 46.0 Å². The molecule has 2 heterocycles. The van der Waals surface area contributed by atoms with Gasteiger partial charge in [0.2, 0.25) is 11.1 Å². The fraction of sp³-hybridized carbons (Fsp3) is 0.207. The maximum atomic E-state index is 14.1. The largest absolute Gasteiger partial charge is 0.489 e. The summed E-state index contributed by atoms with van der Waals surface area (Å²) in [7, 11) is 0. The molecule has 0 spiro atoms. The molecule has 0 amide bonds. The van der Waals surface area contributed by atoms with E-state index in [1.807, 2.05) is 55.5 Å². The van der Waals surface area contributed by atoms with Crippen LogP contribution in [0.4, 0.5) is 10.3 Å². The fourth-order valence-corrected chi connectivity index (χ4v) is 5.31. The van der Waals surface area contributed by atoms with Gasteiger partial charge in [0.15, 0.2) is 0 Å². The van der Waals surface area contributed by atoms with E-state index in [0.717, 1.165) is 15.6 Å². The van der Waals surface area contributed by atoms with Gasteiger partial charge >= 0.3 is 5.97 Å². The number of esters is 1. The molecular formula is C29H26BrFN4O3S. The van der Waals surface area contributed by atoms with Gasteiger partial charge in [-0.25, -0.2) is 13.9 Å². The normalized spacial score (nSPS) is 14.5. The summed E-state index contributed by atoms with van der Waals surface area (Å²) in [4.78, 5) is 17.7. The molecule has 0 saturated carbocycles. The number of rotatable bonds is 9.